The van der Waals surface area contributed by atoms with Crippen LogP contribution in [0.3, 0.4) is 0 Å². The van der Waals surface area contributed by atoms with Crippen molar-refractivity contribution in [3.05, 3.63) is 5.82 Å². The minimum Gasteiger partial charge on any atom is -0.167 e. The molecule has 1 rings (SSSR count). The fourth-order valence-corrected chi connectivity index (χ4v) is 2.06. The summed E-state index contributed by atoms with van der Waals surface area (Å²) in [5.74, 6) is 0.836. The van der Waals surface area contributed by atoms with Gasteiger partial charge in [-0.2, -0.15) is 4.80 Å². The van der Waals surface area contributed by atoms with Gasteiger partial charge in [-0.05, 0) is 17.0 Å². The lowest BCUT2D eigenvalue weighted by atomic mass is 9.84. The van der Waals surface area contributed by atoms with E-state index in [4.69, 9.17) is 0 Å². The van der Waals surface area contributed by atoms with Gasteiger partial charge in [0.15, 0.2) is 5.82 Å². The maximum Gasteiger partial charge on any atom is 0.175 e. The molecule has 0 aliphatic heterocycles. The number of hydrogen-bond donors (Lipinski definition) is 0. The lowest BCUT2D eigenvalue weighted by molar-refractivity contribution is 0.332. The van der Waals surface area contributed by atoms with Crippen LogP contribution >= 0.6 is 15.9 Å². The Kier molecular flexibility index (Phi) is 4.04. The van der Waals surface area contributed by atoms with E-state index in [0.29, 0.717) is 0 Å². The minimum absolute atomic E-state index is 0.248. The lowest BCUT2D eigenvalue weighted by Gasteiger charge is -2.24. The highest BCUT2D eigenvalue weighted by Gasteiger charge is 2.24. The van der Waals surface area contributed by atoms with Crippen LogP contribution in [0.25, 0.3) is 0 Å². The van der Waals surface area contributed by atoms with Gasteiger partial charge in [-0.25, -0.2) is 0 Å². The number of rotatable bonds is 5. The van der Waals surface area contributed by atoms with Crippen LogP contribution in [0.1, 0.15) is 32.5 Å². The molecule has 0 bridgehead atoms. The van der Waals surface area contributed by atoms with Crippen LogP contribution in [-0.4, -0.2) is 25.5 Å². The van der Waals surface area contributed by atoms with Gasteiger partial charge >= 0.3 is 0 Å². The Bertz CT molecular complexity index is 286. The van der Waals surface area contributed by atoms with Crippen LogP contribution in [0.4, 0.5) is 0 Å². The third kappa shape index (κ3) is 3.04. The van der Waals surface area contributed by atoms with Crippen molar-refractivity contribution in [1.29, 1.82) is 0 Å². The van der Waals surface area contributed by atoms with Gasteiger partial charge < -0.3 is 0 Å². The maximum absolute atomic E-state index is 4.20. The summed E-state index contributed by atoms with van der Waals surface area (Å²) in [5, 5.41) is 13.0. The van der Waals surface area contributed by atoms with Gasteiger partial charge in [-0.15, -0.1) is 10.2 Å². The first-order valence-corrected chi connectivity index (χ1v) is 6.00. The normalized spacial score (nSPS) is 15.4. The van der Waals surface area contributed by atoms with Crippen LogP contribution < -0.4 is 0 Å². The standard InChI is InChI=1S/C9H17BrN4/c1-4-5-9(2,7-10)6-8-11-13-14(3)12-8/h4-7H2,1-3H3. The van der Waals surface area contributed by atoms with Gasteiger partial charge in [0.05, 0.1) is 7.05 Å². The number of nitrogens with zero attached hydrogens (tertiary/aromatic N) is 4. The van der Waals surface area contributed by atoms with Gasteiger partial charge in [-0.3, -0.25) is 0 Å². The summed E-state index contributed by atoms with van der Waals surface area (Å²) in [4.78, 5) is 1.51. The van der Waals surface area contributed by atoms with E-state index in [1.54, 1.807) is 7.05 Å². The van der Waals surface area contributed by atoms with Crippen molar-refractivity contribution in [2.75, 3.05) is 5.33 Å². The van der Waals surface area contributed by atoms with Crippen LogP contribution in [0, 0.1) is 5.41 Å². The number of hydrogen-bond acceptors (Lipinski definition) is 3. The van der Waals surface area contributed by atoms with E-state index < -0.39 is 0 Å². The van der Waals surface area contributed by atoms with Crippen molar-refractivity contribution in [2.45, 2.75) is 33.1 Å². The van der Waals surface area contributed by atoms with Crippen LogP contribution in [0.15, 0.2) is 0 Å². The van der Waals surface area contributed by atoms with Crippen LogP contribution in [0.2, 0.25) is 0 Å². The third-order valence-corrected chi connectivity index (χ3v) is 3.66. The van der Waals surface area contributed by atoms with E-state index in [9.17, 15) is 0 Å². The van der Waals surface area contributed by atoms with Crippen LogP contribution in [0.5, 0.6) is 0 Å². The van der Waals surface area contributed by atoms with E-state index >= 15 is 0 Å². The van der Waals surface area contributed by atoms with Gasteiger partial charge in [0, 0.05) is 11.8 Å². The molecule has 4 nitrogen and oxygen atoms in total. The Morgan fingerprint density at radius 1 is 1.50 bits per heavy atom. The fraction of sp³-hybridized carbons (Fsp3) is 0.889. The fourth-order valence-electron chi connectivity index (χ4n) is 1.58. The average Bonchev–Trinajstić information content (AvgIpc) is 2.51. The quantitative estimate of drug-likeness (QED) is 0.761. The Labute approximate surface area is 93.2 Å². The van der Waals surface area contributed by atoms with Gasteiger partial charge in [-0.1, -0.05) is 36.2 Å². The molecule has 0 aromatic carbocycles. The smallest absolute Gasteiger partial charge is 0.167 e. The summed E-state index contributed by atoms with van der Waals surface area (Å²) < 4.78 is 0. The number of alkyl halides is 1. The number of aromatic nitrogens is 4. The highest BCUT2D eigenvalue weighted by atomic mass is 79.9. The third-order valence-electron chi connectivity index (χ3n) is 2.31. The highest BCUT2D eigenvalue weighted by Crippen LogP contribution is 2.28. The van der Waals surface area contributed by atoms with E-state index in [-0.39, 0.29) is 5.41 Å². The number of tetrazole rings is 1. The Hall–Kier alpha value is -0.450. The van der Waals surface area contributed by atoms with Gasteiger partial charge in [0.25, 0.3) is 0 Å². The molecule has 0 aliphatic rings. The molecule has 0 radical (unpaired) electrons. The van der Waals surface area contributed by atoms with Gasteiger partial charge in [0.2, 0.25) is 0 Å². The second kappa shape index (κ2) is 4.87. The first-order valence-electron chi connectivity index (χ1n) is 4.88. The SMILES string of the molecule is CCCC(C)(CBr)Cc1nnn(C)n1. The first-order chi connectivity index (χ1) is 6.59. The molecule has 0 saturated heterocycles. The average molecular weight is 261 g/mol. The zero-order valence-corrected chi connectivity index (χ0v) is 10.6. The predicted octanol–water partition coefficient (Wildman–Crippen LogP) is 1.95. The zero-order chi connectivity index (χ0) is 10.6. The molecule has 1 atom stereocenters. The molecule has 1 aromatic heterocycles. The van der Waals surface area contributed by atoms with Gasteiger partial charge in [0.1, 0.15) is 0 Å². The number of halogens is 1. The second-order valence-corrected chi connectivity index (χ2v) is 4.63. The van der Waals surface area contributed by atoms with Crippen molar-refractivity contribution in [3.63, 3.8) is 0 Å². The molecule has 0 fully saturated rings. The summed E-state index contributed by atoms with van der Waals surface area (Å²) in [7, 11) is 1.79. The molecule has 5 heteroatoms. The Balaban J connectivity index is 2.64. The molecule has 1 aromatic rings. The largest absolute Gasteiger partial charge is 0.175 e. The van der Waals surface area contributed by atoms with Crippen molar-refractivity contribution >= 4 is 15.9 Å². The van der Waals surface area contributed by atoms with Crippen molar-refractivity contribution in [2.24, 2.45) is 12.5 Å². The predicted molar refractivity (Wildman–Crippen MR) is 59.3 cm³/mol. The lowest BCUT2D eigenvalue weighted by Crippen LogP contribution is -2.22. The molecular weight excluding hydrogens is 244 g/mol. The van der Waals surface area contributed by atoms with Crippen LogP contribution in [-0.2, 0) is 13.5 Å². The number of aryl methyl sites for hydroxylation is 1. The molecule has 1 heterocycles. The molecular formula is C9H17BrN4. The molecule has 80 valence electrons. The van der Waals surface area contributed by atoms with Crippen molar-refractivity contribution in [3.8, 4) is 0 Å². The first kappa shape index (κ1) is 11.6. The molecule has 0 spiro atoms. The molecule has 0 amide bonds. The molecule has 1 unspecified atom stereocenters. The highest BCUT2D eigenvalue weighted by molar-refractivity contribution is 9.09. The van der Waals surface area contributed by atoms with Crippen molar-refractivity contribution < 1.29 is 0 Å². The molecule has 0 saturated carbocycles. The minimum atomic E-state index is 0.248. The summed E-state index contributed by atoms with van der Waals surface area (Å²) in [6, 6.07) is 0. The summed E-state index contributed by atoms with van der Waals surface area (Å²) in [6.07, 6.45) is 3.25. The summed E-state index contributed by atoms with van der Waals surface area (Å²) >= 11 is 3.55. The topological polar surface area (TPSA) is 43.6 Å². The zero-order valence-electron chi connectivity index (χ0n) is 9.00. The molecule has 14 heavy (non-hydrogen) atoms. The summed E-state index contributed by atoms with van der Waals surface area (Å²) in [6.45, 7) is 4.45. The summed E-state index contributed by atoms with van der Waals surface area (Å²) in [5.41, 5.74) is 0.248. The molecule has 0 N–H and O–H groups in total. The Morgan fingerprint density at radius 2 is 2.21 bits per heavy atom. The monoisotopic (exact) mass is 260 g/mol. The Morgan fingerprint density at radius 3 is 2.64 bits per heavy atom. The second-order valence-electron chi connectivity index (χ2n) is 4.07. The van der Waals surface area contributed by atoms with E-state index in [1.165, 1.54) is 17.6 Å². The van der Waals surface area contributed by atoms with Crippen molar-refractivity contribution in [1.82, 2.24) is 20.2 Å². The van der Waals surface area contributed by atoms with E-state index in [1.807, 2.05) is 0 Å². The van der Waals surface area contributed by atoms with E-state index in [2.05, 4.69) is 45.2 Å². The van der Waals surface area contributed by atoms with E-state index in [0.717, 1.165) is 17.6 Å². The molecule has 0 aliphatic carbocycles. The maximum atomic E-state index is 4.20.